The van der Waals surface area contributed by atoms with Gasteiger partial charge in [-0.25, -0.2) is 0 Å². The summed E-state index contributed by atoms with van der Waals surface area (Å²) in [4.78, 5) is 13.8. The van der Waals surface area contributed by atoms with E-state index in [1.165, 1.54) is 0 Å². The van der Waals surface area contributed by atoms with Crippen LogP contribution in [-0.4, -0.2) is 30.7 Å². The van der Waals surface area contributed by atoms with Crippen LogP contribution in [0.15, 0.2) is 41.3 Å². The van der Waals surface area contributed by atoms with Crippen LogP contribution in [0.5, 0.6) is 0 Å². The zero-order valence-electron chi connectivity index (χ0n) is 17.0. The first-order valence-electron chi connectivity index (χ1n) is 9.93. The minimum atomic E-state index is -0.501. The predicted octanol–water partition coefficient (Wildman–Crippen LogP) is 4.32. The summed E-state index contributed by atoms with van der Waals surface area (Å²) in [7, 11) is 0. The van der Waals surface area contributed by atoms with Gasteiger partial charge in [0.15, 0.2) is 0 Å². The number of hydrogen-bond acceptors (Lipinski definition) is 5. The van der Waals surface area contributed by atoms with Crippen molar-refractivity contribution in [1.29, 1.82) is 0 Å². The molecule has 1 unspecified atom stereocenters. The summed E-state index contributed by atoms with van der Waals surface area (Å²) in [5.74, 6) is 0.346. The van der Waals surface area contributed by atoms with E-state index in [0.717, 1.165) is 47.4 Å². The van der Waals surface area contributed by atoms with Gasteiger partial charge in [-0.05, 0) is 75.4 Å². The molecule has 1 atom stereocenters. The van der Waals surface area contributed by atoms with E-state index in [-0.39, 0.29) is 11.4 Å². The largest absolute Gasteiger partial charge is 0.381 e. The average molecular weight is 402 g/mol. The third kappa shape index (κ3) is 5.70. The standard InChI is InChI=1S/C22H31N3O2S/c1-22(2,3)25-28-20-9-5-6-16-17(20)7-4-8-19(16)24-21(26)18(23)14-15-10-12-27-13-11-15/h4-9,15,18,25H,10-14,23H2,1-3H3,(H,24,26). The highest BCUT2D eigenvalue weighted by molar-refractivity contribution is 7.97. The van der Waals surface area contributed by atoms with E-state index < -0.39 is 6.04 Å². The molecular weight excluding hydrogens is 370 g/mol. The summed E-state index contributed by atoms with van der Waals surface area (Å²) in [6, 6.07) is 11.6. The molecule has 0 spiro atoms. The fraction of sp³-hybridized carbons (Fsp3) is 0.500. The summed E-state index contributed by atoms with van der Waals surface area (Å²) in [5.41, 5.74) is 7.02. The maximum absolute atomic E-state index is 12.7. The maximum atomic E-state index is 12.7. The van der Waals surface area contributed by atoms with Crippen LogP contribution < -0.4 is 15.8 Å². The van der Waals surface area contributed by atoms with Gasteiger partial charge in [0.25, 0.3) is 0 Å². The second-order valence-corrected chi connectivity index (χ2v) is 9.35. The van der Waals surface area contributed by atoms with E-state index >= 15 is 0 Å². The molecule has 4 N–H and O–H groups in total. The number of anilines is 1. The normalized spacial score (nSPS) is 16.9. The van der Waals surface area contributed by atoms with Gasteiger partial charge in [0.1, 0.15) is 0 Å². The average Bonchev–Trinajstić information content (AvgIpc) is 2.66. The lowest BCUT2D eigenvalue weighted by Crippen LogP contribution is -2.38. The molecule has 6 heteroatoms. The number of carbonyl (C=O) groups excluding carboxylic acids is 1. The Hall–Kier alpha value is -1.60. The fourth-order valence-corrected chi connectivity index (χ4v) is 4.21. The zero-order chi connectivity index (χ0) is 20.1. The molecule has 0 aromatic heterocycles. The second kappa shape index (κ2) is 9.27. The van der Waals surface area contributed by atoms with Crippen LogP contribution in [0.2, 0.25) is 0 Å². The maximum Gasteiger partial charge on any atom is 0.241 e. The van der Waals surface area contributed by atoms with E-state index in [0.29, 0.717) is 12.3 Å². The van der Waals surface area contributed by atoms with Crippen molar-refractivity contribution in [2.24, 2.45) is 11.7 Å². The van der Waals surface area contributed by atoms with E-state index in [9.17, 15) is 4.79 Å². The highest BCUT2D eigenvalue weighted by Crippen LogP contribution is 2.32. The molecule has 2 aromatic carbocycles. The lowest BCUT2D eigenvalue weighted by molar-refractivity contribution is -0.117. The molecule has 1 amide bonds. The minimum Gasteiger partial charge on any atom is -0.381 e. The van der Waals surface area contributed by atoms with Crippen LogP contribution in [-0.2, 0) is 9.53 Å². The van der Waals surface area contributed by atoms with Crippen molar-refractivity contribution in [2.75, 3.05) is 18.5 Å². The number of benzene rings is 2. The predicted molar refractivity (Wildman–Crippen MR) is 117 cm³/mol. The Bertz CT molecular complexity index is 813. The monoisotopic (exact) mass is 401 g/mol. The Balaban J connectivity index is 1.72. The van der Waals surface area contributed by atoms with Crippen LogP contribution in [0.1, 0.15) is 40.0 Å². The topological polar surface area (TPSA) is 76.4 Å². The van der Waals surface area contributed by atoms with Crippen molar-refractivity contribution >= 4 is 34.3 Å². The molecule has 1 saturated heterocycles. The van der Waals surface area contributed by atoms with Crippen LogP contribution >= 0.6 is 11.9 Å². The molecule has 28 heavy (non-hydrogen) atoms. The number of ether oxygens (including phenoxy) is 1. The Kier molecular flexibility index (Phi) is 6.99. The minimum absolute atomic E-state index is 0.00951. The van der Waals surface area contributed by atoms with Crippen molar-refractivity contribution in [3.05, 3.63) is 36.4 Å². The lowest BCUT2D eigenvalue weighted by Gasteiger charge is -2.24. The summed E-state index contributed by atoms with van der Waals surface area (Å²) in [5, 5.41) is 5.18. The smallest absolute Gasteiger partial charge is 0.241 e. The van der Waals surface area contributed by atoms with Crippen LogP contribution in [0.3, 0.4) is 0 Å². The van der Waals surface area contributed by atoms with Crippen LogP contribution in [0.4, 0.5) is 5.69 Å². The quantitative estimate of drug-likeness (QED) is 0.629. The van der Waals surface area contributed by atoms with Crippen molar-refractivity contribution in [3.63, 3.8) is 0 Å². The third-order valence-corrected chi connectivity index (χ3v) is 6.16. The number of rotatable bonds is 6. The fourth-order valence-electron chi connectivity index (χ4n) is 3.36. The molecule has 2 aromatic rings. The van der Waals surface area contributed by atoms with E-state index in [2.05, 4.69) is 42.9 Å². The number of carbonyl (C=O) groups is 1. The molecule has 0 aliphatic carbocycles. The number of nitrogens with one attached hydrogen (secondary N) is 2. The number of amides is 1. The van der Waals surface area contributed by atoms with Crippen LogP contribution in [0.25, 0.3) is 10.8 Å². The molecule has 1 aliphatic heterocycles. The third-order valence-electron chi connectivity index (χ3n) is 4.87. The molecule has 0 bridgehead atoms. The van der Waals surface area contributed by atoms with E-state index in [1.807, 2.05) is 24.3 Å². The van der Waals surface area contributed by atoms with Crippen molar-refractivity contribution in [2.45, 2.75) is 56.5 Å². The first kappa shape index (κ1) is 21.1. The molecule has 0 saturated carbocycles. The van der Waals surface area contributed by atoms with Gasteiger partial charge in [-0.15, -0.1) is 0 Å². The Morgan fingerprint density at radius 1 is 1.18 bits per heavy atom. The molecule has 1 aliphatic rings. The Labute approximate surface area is 171 Å². The van der Waals surface area contributed by atoms with E-state index in [1.54, 1.807) is 11.9 Å². The Morgan fingerprint density at radius 2 is 1.86 bits per heavy atom. The summed E-state index contributed by atoms with van der Waals surface area (Å²) < 4.78 is 8.84. The highest BCUT2D eigenvalue weighted by Gasteiger charge is 2.22. The second-order valence-electron chi connectivity index (χ2n) is 8.50. The molecular formula is C22H31N3O2S. The highest BCUT2D eigenvalue weighted by atomic mass is 32.2. The summed E-state index contributed by atoms with van der Waals surface area (Å²) in [6.45, 7) is 7.95. The van der Waals surface area contributed by atoms with Gasteiger partial charge in [-0.3, -0.25) is 9.52 Å². The first-order valence-corrected chi connectivity index (χ1v) is 10.7. The van der Waals surface area contributed by atoms with Crippen LogP contribution in [0, 0.1) is 5.92 Å². The lowest BCUT2D eigenvalue weighted by atomic mass is 9.92. The zero-order valence-corrected chi connectivity index (χ0v) is 17.8. The molecule has 0 radical (unpaired) electrons. The number of hydrogen-bond donors (Lipinski definition) is 3. The molecule has 152 valence electrons. The van der Waals surface area contributed by atoms with Gasteiger partial charge < -0.3 is 15.8 Å². The van der Waals surface area contributed by atoms with Gasteiger partial charge in [-0.1, -0.05) is 24.3 Å². The van der Waals surface area contributed by atoms with Crippen molar-refractivity contribution in [3.8, 4) is 0 Å². The molecule has 3 rings (SSSR count). The van der Waals surface area contributed by atoms with Gasteiger partial charge >= 0.3 is 0 Å². The van der Waals surface area contributed by atoms with Crippen molar-refractivity contribution in [1.82, 2.24) is 4.72 Å². The van der Waals surface area contributed by atoms with E-state index in [4.69, 9.17) is 10.5 Å². The first-order chi connectivity index (χ1) is 13.3. The van der Waals surface area contributed by atoms with Gasteiger partial charge in [0.05, 0.1) is 6.04 Å². The van der Waals surface area contributed by atoms with Gasteiger partial charge in [-0.2, -0.15) is 0 Å². The molecule has 1 fully saturated rings. The number of fused-ring (bicyclic) bond motifs is 1. The Morgan fingerprint density at radius 3 is 2.57 bits per heavy atom. The number of nitrogens with two attached hydrogens (primary N) is 1. The van der Waals surface area contributed by atoms with Gasteiger partial charge in [0, 0.05) is 34.7 Å². The summed E-state index contributed by atoms with van der Waals surface area (Å²) in [6.07, 6.45) is 2.67. The van der Waals surface area contributed by atoms with Gasteiger partial charge in [0.2, 0.25) is 5.91 Å². The molecule has 5 nitrogen and oxygen atoms in total. The molecule has 1 heterocycles. The SMILES string of the molecule is CC(C)(C)NSc1cccc2c(NC(=O)C(N)CC3CCOCC3)cccc12. The van der Waals surface area contributed by atoms with Crippen molar-refractivity contribution < 1.29 is 9.53 Å². The summed E-state index contributed by atoms with van der Waals surface area (Å²) >= 11 is 1.61.